The SMILES string of the molecule is C=C1C[C@H]2O[C@H]2[C@@](C)(O)CC[C@]2(C)C(CCCC(C)(C)O)C(=O)OC[C@@H]12. The van der Waals surface area contributed by atoms with Crippen LogP contribution in [-0.2, 0) is 14.3 Å². The summed E-state index contributed by atoms with van der Waals surface area (Å²) in [5, 5.41) is 20.8. The maximum Gasteiger partial charge on any atom is 0.309 e. The van der Waals surface area contributed by atoms with Crippen molar-refractivity contribution in [1.29, 1.82) is 0 Å². The molecule has 5 heteroatoms. The lowest BCUT2D eigenvalue weighted by molar-refractivity contribution is -0.170. The van der Waals surface area contributed by atoms with Crippen molar-refractivity contribution in [2.75, 3.05) is 6.61 Å². The highest BCUT2D eigenvalue weighted by Crippen LogP contribution is 2.54. The van der Waals surface area contributed by atoms with Gasteiger partial charge >= 0.3 is 5.97 Å². The number of hydrogen-bond acceptors (Lipinski definition) is 5. The van der Waals surface area contributed by atoms with Gasteiger partial charge in [0.05, 0.1) is 29.8 Å². The number of ether oxygens (including phenoxy) is 2. The van der Waals surface area contributed by atoms with E-state index < -0.39 is 11.2 Å². The average Bonchev–Trinajstić information content (AvgIpc) is 3.27. The molecule has 0 aromatic heterocycles. The van der Waals surface area contributed by atoms with Crippen LogP contribution in [0.3, 0.4) is 0 Å². The molecule has 0 spiro atoms. The van der Waals surface area contributed by atoms with Crippen molar-refractivity contribution < 1.29 is 24.5 Å². The molecule has 3 aliphatic rings. The molecule has 2 saturated heterocycles. The summed E-state index contributed by atoms with van der Waals surface area (Å²) < 4.78 is 11.2. The molecule has 3 rings (SSSR count). The van der Waals surface area contributed by atoms with Crippen LogP contribution in [0.15, 0.2) is 12.2 Å². The first-order chi connectivity index (χ1) is 11.9. The van der Waals surface area contributed by atoms with Crippen molar-refractivity contribution in [3.63, 3.8) is 0 Å². The Morgan fingerprint density at radius 2 is 2.00 bits per heavy atom. The third-order valence-corrected chi connectivity index (χ3v) is 6.87. The second kappa shape index (κ2) is 6.61. The molecule has 2 heterocycles. The van der Waals surface area contributed by atoms with Gasteiger partial charge in [0.15, 0.2) is 0 Å². The van der Waals surface area contributed by atoms with Gasteiger partial charge in [0.25, 0.3) is 0 Å². The number of cyclic esters (lactones) is 1. The van der Waals surface area contributed by atoms with Gasteiger partial charge in [0.1, 0.15) is 6.10 Å². The molecule has 0 radical (unpaired) electrons. The number of aliphatic hydroxyl groups is 2. The van der Waals surface area contributed by atoms with Gasteiger partial charge in [-0.2, -0.15) is 0 Å². The molecule has 0 aromatic rings. The van der Waals surface area contributed by atoms with E-state index in [1.807, 2.05) is 6.92 Å². The lowest BCUT2D eigenvalue weighted by atomic mass is 9.60. The first-order valence-electron chi connectivity index (χ1n) is 9.88. The van der Waals surface area contributed by atoms with Gasteiger partial charge in [-0.1, -0.05) is 19.1 Å². The molecule has 0 bridgehead atoms. The molecule has 1 saturated carbocycles. The van der Waals surface area contributed by atoms with Crippen LogP contribution in [0.5, 0.6) is 0 Å². The van der Waals surface area contributed by atoms with E-state index in [0.29, 0.717) is 25.9 Å². The Kier molecular flexibility index (Phi) is 5.04. The predicted molar refractivity (Wildman–Crippen MR) is 98.5 cm³/mol. The fourth-order valence-corrected chi connectivity index (χ4v) is 5.00. The summed E-state index contributed by atoms with van der Waals surface area (Å²) in [6, 6.07) is 0. The Morgan fingerprint density at radius 3 is 2.65 bits per heavy atom. The van der Waals surface area contributed by atoms with Gasteiger partial charge in [-0.3, -0.25) is 4.79 Å². The molecule has 148 valence electrons. The number of carbonyl (C=O) groups excluding carboxylic acids is 1. The summed E-state index contributed by atoms with van der Waals surface area (Å²) >= 11 is 0. The van der Waals surface area contributed by atoms with E-state index >= 15 is 0 Å². The smallest absolute Gasteiger partial charge is 0.309 e. The molecular weight excluding hydrogens is 332 g/mol. The highest BCUT2D eigenvalue weighted by molar-refractivity contribution is 5.74. The zero-order chi connectivity index (χ0) is 19.3. The Labute approximate surface area is 156 Å². The third kappa shape index (κ3) is 3.85. The average molecular weight is 366 g/mol. The first-order valence-corrected chi connectivity index (χ1v) is 9.88. The maximum atomic E-state index is 12.6. The van der Waals surface area contributed by atoms with Gasteiger partial charge in [0, 0.05) is 5.92 Å². The summed E-state index contributed by atoms with van der Waals surface area (Å²) in [5.41, 5.74) is -0.824. The monoisotopic (exact) mass is 366 g/mol. The van der Waals surface area contributed by atoms with E-state index in [4.69, 9.17) is 9.47 Å². The van der Waals surface area contributed by atoms with Gasteiger partial charge in [-0.25, -0.2) is 0 Å². The fraction of sp³-hybridized carbons (Fsp3) is 0.857. The van der Waals surface area contributed by atoms with Crippen LogP contribution in [0.25, 0.3) is 0 Å². The van der Waals surface area contributed by atoms with Crippen molar-refractivity contribution in [1.82, 2.24) is 0 Å². The minimum absolute atomic E-state index is 0.0334. The minimum atomic E-state index is -0.873. The number of rotatable bonds is 4. The van der Waals surface area contributed by atoms with E-state index in [1.165, 1.54) is 0 Å². The predicted octanol–water partition coefficient (Wildman–Crippen LogP) is 2.98. The van der Waals surface area contributed by atoms with Crippen LogP contribution in [-0.4, -0.2) is 46.2 Å². The number of carbonyl (C=O) groups is 1. The van der Waals surface area contributed by atoms with Gasteiger partial charge in [0.2, 0.25) is 0 Å². The minimum Gasteiger partial charge on any atom is -0.465 e. The van der Waals surface area contributed by atoms with Gasteiger partial charge < -0.3 is 19.7 Å². The maximum absolute atomic E-state index is 12.6. The molecule has 2 aliphatic heterocycles. The van der Waals surface area contributed by atoms with Crippen molar-refractivity contribution in [2.24, 2.45) is 17.3 Å². The number of hydrogen-bond donors (Lipinski definition) is 2. The largest absolute Gasteiger partial charge is 0.465 e. The quantitative estimate of drug-likeness (QED) is 0.454. The summed E-state index contributed by atoms with van der Waals surface area (Å²) in [4.78, 5) is 12.6. The highest BCUT2D eigenvalue weighted by atomic mass is 16.6. The Balaban J connectivity index is 1.82. The van der Waals surface area contributed by atoms with Gasteiger partial charge in [-0.05, 0) is 64.7 Å². The second-order valence-corrected chi connectivity index (χ2v) is 9.76. The molecule has 0 aromatic carbocycles. The lowest BCUT2D eigenvalue weighted by Gasteiger charge is -2.47. The van der Waals surface area contributed by atoms with E-state index in [1.54, 1.807) is 13.8 Å². The molecule has 26 heavy (non-hydrogen) atoms. The Morgan fingerprint density at radius 1 is 1.31 bits per heavy atom. The summed E-state index contributed by atoms with van der Waals surface area (Å²) in [6.07, 6.45) is 4.06. The fourth-order valence-electron chi connectivity index (χ4n) is 5.00. The molecule has 5 nitrogen and oxygen atoms in total. The van der Waals surface area contributed by atoms with Crippen LogP contribution >= 0.6 is 0 Å². The molecule has 0 amide bonds. The standard InChI is InChI=1S/C21H34O5/c1-13-11-16-17(26-16)21(5,24)10-9-20(4)14(7-6-8-19(2,3)23)18(22)25-12-15(13)20/h14-17,23-24H,1,6-12H2,2-5H3/t14?,15-,16+,17+,20+,21-/m0/s1. The molecule has 6 atom stereocenters. The summed E-state index contributed by atoms with van der Waals surface area (Å²) in [5.74, 6) is -0.287. The first kappa shape index (κ1) is 19.8. The van der Waals surface area contributed by atoms with Crippen LogP contribution in [0.2, 0.25) is 0 Å². The lowest BCUT2D eigenvalue weighted by Crippen LogP contribution is -2.49. The molecule has 2 N–H and O–H groups in total. The third-order valence-electron chi connectivity index (χ3n) is 6.87. The summed E-state index contributed by atoms with van der Waals surface area (Å²) in [6.45, 7) is 12.3. The van der Waals surface area contributed by atoms with Crippen molar-refractivity contribution >= 4 is 5.97 Å². The van der Waals surface area contributed by atoms with Crippen LogP contribution < -0.4 is 0 Å². The topological polar surface area (TPSA) is 79.3 Å². The zero-order valence-electron chi connectivity index (χ0n) is 16.6. The Bertz CT molecular complexity index is 575. The second-order valence-electron chi connectivity index (χ2n) is 9.76. The zero-order valence-corrected chi connectivity index (χ0v) is 16.6. The van der Waals surface area contributed by atoms with Crippen molar-refractivity contribution in [3.8, 4) is 0 Å². The van der Waals surface area contributed by atoms with E-state index in [-0.39, 0.29) is 35.4 Å². The number of esters is 1. The van der Waals surface area contributed by atoms with E-state index in [2.05, 4.69) is 13.5 Å². The van der Waals surface area contributed by atoms with Crippen LogP contribution in [0.4, 0.5) is 0 Å². The van der Waals surface area contributed by atoms with E-state index in [9.17, 15) is 15.0 Å². The molecule has 1 unspecified atom stereocenters. The number of epoxide rings is 1. The van der Waals surface area contributed by atoms with Crippen LogP contribution in [0, 0.1) is 17.3 Å². The molecule has 1 aliphatic carbocycles. The summed E-state index contributed by atoms with van der Waals surface area (Å²) in [7, 11) is 0. The highest BCUT2D eigenvalue weighted by Gasteiger charge is 2.57. The van der Waals surface area contributed by atoms with E-state index in [0.717, 1.165) is 24.8 Å². The van der Waals surface area contributed by atoms with Crippen LogP contribution in [0.1, 0.15) is 66.2 Å². The molecular formula is C21H34O5. The Hall–Kier alpha value is -0.910. The normalized spacial score (nSPS) is 43.5. The van der Waals surface area contributed by atoms with Crippen molar-refractivity contribution in [3.05, 3.63) is 12.2 Å². The van der Waals surface area contributed by atoms with Gasteiger partial charge in [-0.15, -0.1) is 0 Å². The number of fused-ring (bicyclic) bond motifs is 2. The van der Waals surface area contributed by atoms with Crippen molar-refractivity contribution in [2.45, 2.75) is 89.6 Å². The molecule has 3 fully saturated rings.